The molecule has 2 aliphatic heterocycles. The van der Waals surface area contributed by atoms with E-state index < -0.39 is 5.66 Å². The number of anilines is 1. The molecule has 3 heterocycles. The monoisotopic (exact) mass is 379 g/mol. The predicted molar refractivity (Wildman–Crippen MR) is 105 cm³/mol. The first kappa shape index (κ1) is 17.3. The molecule has 3 atom stereocenters. The van der Waals surface area contributed by atoms with Crippen LogP contribution in [0.15, 0.2) is 40.8 Å². The van der Waals surface area contributed by atoms with Crippen LogP contribution < -0.4 is 10.6 Å². The summed E-state index contributed by atoms with van der Waals surface area (Å²) in [5.41, 5.74) is 1.09. The molecule has 1 spiro atoms. The van der Waals surface area contributed by atoms with Crippen LogP contribution in [0.1, 0.15) is 52.9 Å². The van der Waals surface area contributed by atoms with Crippen molar-refractivity contribution in [2.75, 3.05) is 18.4 Å². The number of hydrogen-bond acceptors (Lipinski definition) is 4. The molecule has 0 unspecified atom stereocenters. The standard InChI is InChI=1S/C22H25N3O3/c1-2-5-15-8-9-19(28-15)21(27)25-12-14-10-11-22(17(14)13-25)23-18-7-4-3-6-16(18)20(26)24-22/h3-4,6-9,14,17,23H,2,5,10-13H2,1H3,(H,24,26)/t14-,17+,22+/m1/s1. The molecule has 0 bridgehead atoms. The van der Waals surface area contributed by atoms with Gasteiger partial charge in [-0.05, 0) is 49.4 Å². The number of rotatable bonds is 3. The molecule has 3 aliphatic rings. The van der Waals surface area contributed by atoms with E-state index in [1.807, 2.05) is 35.2 Å². The maximum atomic E-state index is 13.0. The molecule has 2 amide bonds. The summed E-state index contributed by atoms with van der Waals surface area (Å²) in [5.74, 6) is 1.78. The minimum Gasteiger partial charge on any atom is -0.456 e. The van der Waals surface area contributed by atoms with Crippen LogP contribution in [-0.2, 0) is 6.42 Å². The number of nitrogens with zero attached hydrogens (tertiary/aromatic N) is 1. The fraction of sp³-hybridized carbons (Fsp3) is 0.455. The highest BCUT2D eigenvalue weighted by Gasteiger charge is 2.55. The fourth-order valence-electron chi connectivity index (χ4n) is 5.16. The van der Waals surface area contributed by atoms with Crippen molar-refractivity contribution in [1.82, 2.24) is 10.2 Å². The Morgan fingerprint density at radius 1 is 1.21 bits per heavy atom. The zero-order valence-corrected chi connectivity index (χ0v) is 16.0. The third-order valence-corrected chi connectivity index (χ3v) is 6.51. The van der Waals surface area contributed by atoms with Crippen LogP contribution >= 0.6 is 0 Å². The van der Waals surface area contributed by atoms with Crippen molar-refractivity contribution in [3.05, 3.63) is 53.5 Å². The van der Waals surface area contributed by atoms with Crippen molar-refractivity contribution in [2.24, 2.45) is 11.8 Å². The van der Waals surface area contributed by atoms with Gasteiger partial charge in [-0.3, -0.25) is 9.59 Å². The molecule has 0 radical (unpaired) electrons. The highest BCUT2D eigenvalue weighted by atomic mass is 16.4. The smallest absolute Gasteiger partial charge is 0.289 e. The Hall–Kier alpha value is -2.76. The normalized spacial score (nSPS) is 28.0. The van der Waals surface area contributed by atoms with Crippen LogP contribution in [-0.4, -0.2) is 35.5 Å². The molecule has 2 N–H and O–H groups in total. The van der Waals surface area contributed by atoms with E-state index in [9.17, 15) is 9.59 Å². The molecule has 1 saturated carbocycles. The van der Waals surface area contributed by atoms with Crippen LogP contribution in [0.2, 0.25) is 0 Å². The number of fused-ring (bicyclic) bond motifs is 3. The minimum absolute atomic E-state index is 0.0324. The summed E-state index contributed by atoms with van der Waals surface area (Å²) in [4.78, 5) is 27.5. The van der Waals surface area contributed by atoms with E-state index in [0.29, 0.717) is 30.3 Å². The molecule has 6 nitrogen and oxygen atoms in total. The topological polar surface area (TPSA) is 74.6 Å². The number of furan rings is 1. The summed E-state index contributed by atoms with van der Waals surface area (Å²) in [7, 11) is 0. The first-order valence-corrected chi connectivity index (χ1v) is 10.2. The Morgan fingerprint density at radius 3 is 2.93 bits per heavy atom. The van der Waals surface area contributed by atoms with Gasteiger partial charge in [-0.25, -0.2) is 0 Å². The van der Waals surface area contributed by atoms with E-state index in [-0.39, 0.29) is 17.7 Å². The van der Waals surface area contributed by atoms with Crippen LogP contribution in [0.25, 0.3) is 0 Å². The Bertz CT molecular complexity index is 937. The van der Waals surface area contributed by atoms with E-state index in [2.05, 4.69) is 17.6 Å². The Morgan fingerprint density at radius 2 is 2.07 bits per heavy atom. The van der Waals surface area contributed by atoms with Crippen molar-refractivity contribution in [2.45, 2.75) is 38.3 Å². The second-order valence-corrected chi connectivity index (χ2v) is 8.23. The molecular weight excluding hydrogens is 354 g/mol. The third kappa shape index (κ3) is 2.62. The van der Waals surface area contributed by atoms with E-state index in [1.165, 1.54) is 0 Å². The lowest BCUT2D eigenvalue weighted by molar-refractivity contribution is 0.0735. The molecule has 1 aromatic heterocycles. The average Bonchev–Trinajstić information content (AvgIpc) is 3.39. The number of likely N-dealkylation sites (tertiary alicyclic amines) is 1. The van der Waals surface area contributed by atoms with Crippen LogP contribution in [0.4, 0.5) is 5.69 Å². The molecule has 2 aromatic rings. The highest BCUT2D eigenvalue weighted by molar-refractivity contribution is 6.02. The van der Waals surface area contributed by atoms with Crippen molar-refractivity contribution in [3.8, 4) is 0 Å². The van der Waals surface area contributed by atoms with Gasteiger partial charge in [-0.1, -0.05) is 19.1 Å². The molecule has 28 heavy (non-hydrogen) atoms. The second kappa shape index (κ2) is 6.40. The largest absolute Gasteiger partial charge is 0.456 e. The first-order chi connectivity index (χ1) is 13.6. The number of amides is 2. The van der Waals surface area contributed by atoms with Gasteiger partial charge < -0.3 is 20.0 Å². The Labute approximate surface area is 164 Å². The lowest BCUT2D eigenvalue weighted by Crippen LogP contribution is -2.61. The van der Waals surface area contributed by atoms with E-state index >= 15 is 0 Å². The van der Waals surface area contributed by atoms with Gasteiger partial charge >= 0.3 is 0 Å². The maximum absolute atomic E-state index is 13.0. The van der Waals surface area contributed by atoms with Crippen molar-refractivity contribution in [3.63, 3.8) is 0 Å². The number of hydrogen-bond donors (Lipinski definition) is 2. The molecule has 2 fully saturated rings. The quantitative estimate of drug-likeness (QED) is 0.858. The van der Waals surface area contributed by atoms with Gasteiger partial charge in [0.1, 0.15) is 11.4 Å². The van der Waals surface area contributed by atoms with Crippen LogP contribution in [0.5, 0.6) is 0 Å². The van der Waals surface area contributed by atoms with E-state index in [0.717, 1.165) is 37.1 Å². The summed E-state index contributed by atoms with van der Waals surface area (Å²) in [6, 6.07) is 11.3. The summed E-state index contributed by atoms with van der Waals surface area (Å²) < 4.78 is 5.74. The molecule has 146 valence electrons. The Kier molecular flexibility index (Phi) is 3.96. The van der Waals surface area contributed by atoms with Crippen LogP contribution in [0.3, 0.4) is 0 Å². The van der Waals surface area contributed by atoms with E-state index in [4.69, 9.17) is 4.42 Å². The van der Waals surface area contributed by atoms with Crippen LogP contribution in [0, 0.1) is 11.8 Å². The number of benzene rings is 1. The first-order valence-electron chi connectivity index (χ1n) is 10.2. The summed E-state index contributed by atoms with van der Waals surface area (Å²) in [5, 5.41) is 6.83. The fourth-order valence-corrected chi connectivity index (χ4v) is 5.16. The van der Waals surface area contributed by atoms with Crippen molar-refractivity contribution in [1.29, 1.82) is 0 Å². The molecule has 1 saturated heterocycles. The van der Waals surface area contributed by atoms with Gasteiger partial charge in [-0.15, -0.1) is 0 Å². The third-order valence-electron chi connectivity index (χ3n) is 6.51. The van der Waals surface area contributed by atoms with Gasteiger partial charge in [0, 0.05) is 31.1 Å². The van der Waals surface area contributed by atoms with Gasteiger partial charge in [0.2, 0.25) is 0 Å². The zero-order valence-electron chi connectivity index (χ0n) is 16.0. The van der Waals surface area contributed by atoms with E-state index in [1.54, 1.807) is 6.07 Å². The summed E-state index contributed by atoms with van der Waals surface area (Å²) in [6.45, 7) is 3.44. The predicted octanol–water partition coefficient (Wildman–Crippen LogP) is 3.27. The second-order valence-electron chi connectivity index (χ2n) is 8.23. The summed E-state index contributed by atoms with van der Waals surface area (Å²) >= 11 is 0. The van der Waals surface area contributed by atoms with Gasteiger partial charge in [-0.2, -0.15) is 0 Å². The highest BCUT2D eigenvalue weighted by Crippen LogP contribution is 2.47. The lowest BCUT2D eigenvalue weighted by atomic mass is 9.89. The zero-order chi connectivity index (χ0) is 19.3. The number of para-hydroxylation sites is 1. The molecule has 5 rings (SSSR count). The SMILES string of the molecule is CCCc1ccc(C(=O)N2C[C@H]3CC[C@]4(NC(=O)c5ccccc5N4)[C@H]3C2)o1. The summed E-state index contributed by atoms with van der Waals surface area (Å²) in [6.07, 6.45) is 3.70. The van der Waals surface area contributed by atoms with Gasteiger partial charge in [0.15, 0.2) is 5.76 Å². The van der Waals surface area contributed by atoms with Crippen molar-refractivity contribution >= 4 is 17.5 Å². The molecule has 6 heteroatoms. The number of carbonyl (C=O) groups is 2. The number of carbonyl (C=O) groups excluding carboxylic acids is 2. The molecular formula is C22H25N3O3. The molecule has 1 aliphatic carbocycles. The average molecular weight is 379 g/mol. The molecule has 1 aromatic carbocycles. The Balaban J connectivity index is 1.36. The number of nitrogens with one attached hydrogen (secondary N) is 2. The lowest BCUT2D eigenvalue weighted by Gasteiger charge is -2.41. The van der Waals surface area contributed by atoms with Crippen molar-refractivity contribution < 1.29 is 14.0 Å². The number of aryl methyl sites for hydroxylation is 1. The van der Waals surface area contributed by atoms with Gasteiger partial charge in [0.05, 0.1) is 5.56 Å². The minimum atomic E-state index is -0.471. The maximum Gasteiger partial charge on any atom is 0.289 e. The van der Waals surface area contributed by atoms with Gasteiger partial charge in [0.25, 0.3) is 11.8 Å².